The molecule has 0 saturated carbocycles. The minimum atomic E-state index is -0.287. The molecule has 1 aromatic carbocycles. The molecular weight excluding hydrogens is 388 g/mol. The van der Waals surface area contributed by atoms with Crippen molar-refractivity contribution in [2.45, 2.75) is 38.3 Å². The van der Waals surface area contributed by atoms with Gasteiger partial charge < -0.3 is 15.1 Å². The largest absolute Gasteiger partial charge is 0.360 e. The number of aromatic nitrogens is 1. The highest BCUT2D eigenvalue weighted by Crippen LogP contribution is 2.38. The Hall–Kier alpha value is -2.60. The molecule has 2 aromatic rings. The molecule has 0 bridgehead atoms. The van der Waals surface area contributed by atoms with E-state index in [9.17, 15) is 9.59 Å². The van der Waals surface area contributed by atoms with Crippen LogP contribution in [0.1, 0.15) is 41.8 Å². The zero-order valence-corrected chi connectivity index (χ0v) is 17.7. The predicted octanol–water partition coefficient (Wildman–Crippen LogP) is 3.31. The number of likely N-dealkylation sites (tertiary alicyclic amines) is 1. The summed E-state index contributed by atoms with van der Waals surface area (Å²) in [6.07, 6.45) is 3.19. The Kier molecular flexibility index (Phi) is 4.99. The quantitative estimate of drug-likeness (QED) is 0.839. The number of nitrogens with zero attached hydrogens (tertiary/aromatic N) is 3. The van der Waals surface area contributed by atoms with E-state index >= 15 is 0 Å². The van der Waals surface area contributed by atoms with Gasteiger partial charge in [0, 0.05) is 44.7 Å². The number of pyridine rings is 1. The summed E-state index contributed by atoms with van der Waals surface area (Å²) in [6.45, 7) is 4.90. The van der Waals surface area contributed by atoms with E-state index in [-0.39, 0.29) is 23.4 Å². The van der Waals surface area contributed by atoms with Crippen LogP contribution in [0.4, 0.5) is 5.82 Å². The number of halogens is 1. The molecule has 2 amide bonds. The average molecular weight is 413 g/mol. The van der Waals surface area contributed by atoms with E-state index in [1.165, 1.54) is 0 Å². The highest BCUT2D eigenvalue weighted by atomic mass is 35.5. The Morgan fingerprint density at radius 2 is 2.03 bits per heavy atom. The summed E-state index contributed by atoms with van der Waals surface area (Å²) in [5, 5.41) is 4.20. The van der Waals surface area contributed by atoms with Gasteiger partial charge in [-0.15, -0.1) is 0 Å². The van der Waals surface area contributed by atoms with Crippen LogP contribution in [0, 0.1) is 0 Å². The molecule has 1 fully saturated rings. The second-order valence-corrected chi connectivity index (χ2v) is 8.63. The first-order valence-corrected chi connectivity index (χ1v) is 10.2. The van der Waals surface area contributed by atoms with Gasteiger partial charge in [0.05, 0.1) is 17.1 Å². The minimum Gasteiger partial charge on any atom is -0.360 e. The second-order valence-electron chi connectivity index (χ2n) is 8.20. The van der Waals surface area contributed by atoms with Crippen molar-refractivity contribution >= 4 is 29.2 Å². The van der Waals surface area contributed by atoms with Crippen LogP contribution in [-0.2, 0) is 16.8 Å². The molecule has 152 valence electrons. The molecule has 0 spiro atoms. The smallest absolute Gasteiger partial charge is 0.255 e. The molecule has 1 N–H and O–H groups in total. The van der Waals surface area contributed by atoms with Crippen LogP contribution in [0.15, 0.2) is 36.5 Å². The minimum absolute atomic E-state index is 0.0241. The number of hydrogen-bond donors (Lipinski definition) is 1. The lowest BCUT2D eigenvalue weighted by Crippen LogP contribution is -2.38. The van der Waals surface area contributed by atoms with Crippen LogP contribution < -0.4 is 5.32 Å². The number of anilines is 1. The van der Waals surface area contributed by atoms with E-state index in [1.54, 1.807) is 25.1 Å². The summed E-state index contributed by atoms with van der Waals surface area (Å²) in [5.74, 6) is 0.811. The van der Waals surface area contributed by atoms with Crippen molar-refractivity contribution in [2.24, 2.45) is 0 Å². The number of carbonyl (C=O) groups is 2. The van der Waals surface area contributed by atoms with E-state index in [1.807, 2.05) is 35.2 Å². The molecule has 0 aliphatic carbocycles. The molecule has 7 heteroatoms. The van der Waals surface area contributed by atoms with Gasteiger partial charge in [-0.05, 0) is 42.7 Å². The maximum atomic E-state index is 13.0. The molecule has 0 radical (unpaired) electrons. The lowest BCUT2D eigenvalue weighted by atomic mass is 9.89. The Bertz CT molecular complexity index is 962. The molecule has 2 aliphatic heterocycles. The molecule has 6 nitrogen and oxygen atoms in total. The summed E-state index contributed by atoms with van der Waals surface area (Å²) in [4.78, 5) is 32.7. The van der Waals surface area contributed by atoms with Gasteiger partial charge in [-0.25, -0.2) is 4.98 Å². The highest BCUT2D eigenvalue weighted by Gasteiger charge is 2.36. The molecule has 4 rings (SSSR count). The Morgan fingerprint density at radius 1 is 1.31 bits per heavy atom. The maximum absolute atomic E-state index is 13.0. The number of carbonyl (C=O) groups excluding carboxylic acids is 2. The van der Waals surface area contributed by atoms with Gasteiger partial charge in [0.1, 0.15) is 5.82 Å². The summed E-state index contributed by atoms with van der Waals surface area (Å²) >= 11 is 6.02. The van der Waals surface area contributed by atoms with Gasteiger partial charge in [0.25, 0.3) is 5.91 Å². The molecule has 2 aliphatic rings. The van der Waals surface area contributed by atoms with Gasteiger partial charge in [-0.2, -0.15) is 0 Å². The van der Waals surface area contributed by atoms with Crippen LogP contribution in [0.5, 0.6) is 0 Å². The van der Waals surface area contributed by atoms with Crippen molar-refractivity contribution in [3.63, 3.8) is 0 Å². The first-order chi connectivity index (χ1) is 13.8. The third-order valence-electron chi connectivity index (χ3n) is 6.13. The summed E-state index contributed by atoms with van der Waals surface area (Å²) in [5.41, 5.74) is 2.47. The zero-order valence-electron chi connectivity index (χ0n) is 16.9. The Morgan fingerprint density at radius 3 is 2.72 bits per heavy atom. The summed E-state index contributed by atoms with van der Waals surface area (Å²) in [6, 6.07) is 9.83. The fraction of sp³-hybridized carbons (Fsp3) is 0.409. The van der Waals surface area contributed by atoms with E-state index < -0.39 is 0 Å². The number of hydrogen-bond acceptors (Lipinski definition) is 4. The molecule has 1 saturated heterocycles. The monoisotopic (exact) mass is 412 g/mol. The first-order valence-electron chi connectivity index (χ1n) is 9.83. The first kappa shape index (κ1) is 19.7. The van der Waals surface area contributed by atoms with Crippen molar-refractivity contribution in [2.75, 3.05) is 25.5 Å². The normalized spacial score (nSPS) is 22.9. The second kappa shape index (κ2) is 7.34. The fourth-order valence-electron chi connectivity index (χ4n) is 4.24. The summed E-state index contributed by atoms with van der Waals surface area (Å²) in [7, 11) is 1.79. The lowest BCUT2D eigenvalue weighted by Gasteiger charge is -2.25. The van der Waals surface area contributed by atoms with E-state index in [0.717, 1.165) is 29.8 Å². The predicted molar refractivity (Wildman–Crippen MR) is 113 cm³/mol. The fourth-order valence-corrected chi connectivity index (χ4v) is 4.36. The van der Waals surface area contributed by atoms with Crippen LogP contribution in [-0.4, -0.2) is 52.8 Å². The van der Waals surface area contributed by atoms with Crippen molar-refractivity contribution in [1.29, 1.82) is 0 Å². The number of fused-ring (bicyclic) bond motifs is 1. The van der Waals surface area contributed by atoms with Crippen LogP contribution in [0.3, 0.4) is 0 Å². The number of benzene rings is 1. The highest BCUT2D eigenvalue weighted by molar-refractivity contribution is 6.30. The van der Waals surface area contributed by atoms with E-state index in [2.05, 4.69) is 17.2 Å². The van der Waals surface area contributed by atoms with Crippen molar-refractivity contribution in [3.8, 4) is 0 Å². The topological polar surface area (TPSA) is 65.5 Å². The van der Waals surface area contributed by atoms with Crippen molar-refractivity contribution in [1.82, 2.24) is 14.8 Å². The van der Waals surface area contributed by atoms with Gasteiger partial charge in [-0.1, -0.05) is 23.7 Å². The number of nitrogens with one attached hydrogen (secondary N) is 1. The van der Waals surface area contributed by atoms with Gasteiger partial charge in [0.2, 0.25) is 5.91 Å². The van der Waals surface area contributed by atoms with Crippen molar-refractivity contribution in [3.05, 3.63) is 58.2 Å². The van der Waals surface area contributed by atoms with Crippen molar-refractivity contribution < 1.29 is 9.59 Å². The maximum Gasteiger partial charge on any atom is 0.255 e. The Balaban J connectivity index is 1.50. The van der Waals surface area contributed by atoms with Gasteiger partial charge in [0.15, 0.2) is 0 Å². The lowest BCUT2D eigenvalue weighted by molar-refractivity contribution is -0.129. The van der Waals surface area contributed by atoms with Crippen LogP contribution in [0.2, 0.25) is 5.02 Å². The molecule has 2 atom stereocenters. The van der Waals surface area contributed by atoms with E-state index in [0.29, 0.717) is 23.7 Å². The number of likely N-dealkylation sites (N-methyl/N-ethyl adjacent to an activating group) is 1. The average Bonchev–Trinajstić information content (AvgIpc) is 3.31. The standard InChI is InChI=1S/C22H25ClN4O2/c1-14(28)26(3)19-8-9-27(13-19)21(29)16-10-15-11-22(2,25-20(15)24-12-16)17-4-6-18(23)7-5-17/h4-7,10,12,19H,8-9,11,13H2,1-3H3,(H,24,25)/t19-,22+/m0/s1. The molecular formula is C22H25ClN4O2. The third kappa shape index (κ3) is 3.69. The molecule has 1 aromatic heterocycles. The SMILES string of the molecule is CC(=O)N(C)[C@H]1CCN(C(=O)c2cnc3c(c2)C[C@](C)(c2ccc(Cl)cc2)N3)C1. The number of amides is 2. The molecule has 0 unspecified atom stereocenters. The van der Waals surface area contributed by atoms with Crippen LogP contribution >= 0.6 is 11.6 Å². The Labute approximate surface area is 175 Å². The summed E-state index contributed by atoms with van der Waals surface area (Å²) < 4.78 is 0. The molecule has 29 heavy (non-hydrogen) atoms. The number of rotatable bonds is 3. The van der Waals surface area contributed by atoms with Crippen LogP contribution in [0.25, 0.3) is 0 Å². The van der Waals surface area contributed by atoms with Gasteiger partial charge >= 0.3 is 0 Å². The third-order valence-corrected chi connectivity index (χ3v) is 6.38. The van der Waals surface area contributed by atoms with Gasteiger partial charge in [-0.3, -0.25) is 9.59 Å². The zero-order chi connectivity index (χ0) is 20.8. The van der Waals surface area contributed by atoms with E-state index in [4.69, 9.17) is 11.6 Å². The molecule has 3 heterocycles.